The molecule has 0 saturated carbocycles. The molecule has 6 nitrogen and oxygen atoms in total. The minimum atomic E-state index is -0.339. The van der Waals surface area contributed by atoms with Crippen LogP contribution >= 0.6 is 23.1 Å². The van der Waals surface area contributed by atoms with E-state index in [0.717, 1.165) is 15.5 Å². The third-order valence-electron chi connectivity index (χ3n) is 4.40. The van der Waals surface area contributed by atoms with E-state index in [2.05, 4.69) is 10.6 Å². The molecule has 0 unspecified atom stereocenters. The fraction of sp³-hybridized carbons (Fsp3) is 0.0952. The maximum absolute atomic E-state index is 12.8. The smallest absolute Gasteiger partial charge is 0.261 e. The number of rotatable bonds is 4. The van der Waals surface area contributed by atoms with Crippen molar-refractivity contribution in [2.24, 2.45) is 0 Å². The molecule has 3 aromatic rings. The zero-order chi connectivity index (χ0) is 20.4. The number of amides is 3. The van der Waals surface area contributed by atoms with Crippen molar-refractivity contribution in [1.82, 2.24) is 5.32 Å². The largest absolute Gasteiger partial charge is 0.342 e. The van der Waals surface area contributed by atoms with E-state index in [0.29, 0.717) is 16.1 Å². The van der Waals surface area contributed by atoms with Crippen LogP contribution in [-0.4, -0.2) is 31.3 Å². The van der Waals surface area contributed by atoms with Crippen LogP contribution in [0.4, 0.5) is 11.4 Å². The van der Waals surface area contributed by atoms with E-state index in [1.165, 1.54) is 23.1 Å². The zero-order valence-electron chi connectivity index (χ0n) is 15.5. The van der Waals surface area contributed by atoms with Gasteiger partial charge in [-0.15, -0.1) is 11.3 Å². The van der Waals surface area contributed by atoms with Crippen LogP contribution in [-0.2, 0) is 4.79 Å². The van der Waals surface area contributed by atoms with E-state index in [-0.39, 0.29) is 24.3 Å². The van der Waals surface area contributed by atoms with Crippen molar-refractivity contribution in [3.8, 4) is 0 Å². The van der Waals surface area contributed by atoms with E-state index in [4.69, 9.17) is 0 Å². The maximum atomic E-state index is 12.8. The highest BCUT2D eigenvalue weighted by Gasteiger charge is 2.24. The first-order valence-electron chi connectivity index (χ1n) is 8.83. The van der Waals surface area contributed by atoms with E-state index in [1.54, 1.807) is 41.6 Å². The van der Waals surface area contributed by atoms with Gasteiger partial charge in [-0.3, -0.25) is 14.4 Å². The summed E-state index contributed by atoms with van der Waals surface area (Å²) in [7, 11) is 1.72. The average molecular weight is 424 g/mol. The quantitative estimate of drug-likeness (QED) is 0.668. The summed E-state index contributed by atoms with van der Waals surface area (Å²) in [6.07, 6.45) is 0. The Morgan fingerprint density at radius 1 is 1.03 bits per heavy atom. The average Bonchev–Trinajstić information content (AvgIpc) is 3.24. The van der Waals surface area contributed by atoms with Gasteiger partial charge in [0.1, 0.15) is 0 Å². The zero-order valence-corrected chi connectivity index (χ0v) is 17.1. The number of nitrogens with zero attached hydrogens (tertiary/aromatic N) is 1. The summed E-state index contributed by atoms with van der Waals surface area (Å²) >= 11 is 2.84. The molecule has 0 spiro atoms. The van der Waals surface area contributed by atoms with Crippen LogP contribution in [0.1, 0.15) is 20.0 Å². The van der Waals surface area contributed by atoms with Crippen molar-refractivity contribution in [3.05, 3.63) is 70.4 Å². The van der Waals surface area contributed by atoms with E-state index >= 15 is 0 Å². The summed E-state index contributed by atoms with van der Waals surface area (Å²) in [4.78, 5) is 41.0. The molecular weight excluding hydrogens is 406 g/mol. The Morgan fingerprint density at radius 2 is 1.86 bits per heavy atom. The second-order valence-corrected chi connectivity index (χ2v) is 8.38. The number of anilines is 2. The van der Waals surface area contributed by atoms with Crippen molar-refractivity contribution >= 4 is 52.2 Å². The van der Waals surface area contributed by atoms with Gasteiger partial charge in [0.05, 0.1) is 22.7 Å². The molecule has 1 aromatic heterocycles. The molecule has 2 aromatic carbocycles. The van der Waals surface area contributed by atoms with E-state index < -0.39 is 0 Å². The van der Waals surface area contributed by atoms with Gasteiger partial charge in [0.15, 0.2) is 0 Å². The Labute approximate surface area is 175 Å². The fourth-order valence-corrected chi connectivity index (χ4v) is 4.67. The van der Waals surface area contributed by atoms with Crippen LogP contribution in [0.2, 0.25) is 0 Å². The number of thiophene rings is 1. The Morgan fingerprint density at radius 3 is 2.66 bits per heavy atom. The first-order valence-corrected chi connectivity index (χ1v) is 10.5. The van der Waals surface area contributed by atoms with Gasteiger partial charge in [-0.05, 0) is 41.8 Å². The van der Waals surface area contributed by atoms with Crippen molar-refractivity contribution in [2.75, 3.05) is 23.8 Å². The Bertz CT molecular complexity index is 1100. The van der Waals surface area contributed by atoms with Crippen LogP contribution in [0.25, 0.3) is 0 Å². The van der Waals surface area contributed by atoms with Gasteiger partial charge in [-0.1, -0.05) is 30.0 Å². The van der Waals surface area contributed by atoms with Crippen LogP contribution in [0, 0.1) is 0 Å². The van der Waals surface area contributed by atoms with Crippen molar-refractivity contribution < 1.29 is 14.4 Å². The Hall–Kier alpha value is -3.10. The number of carbonyl (C=O) groups is 3. The molecule has 0 saturated heterocycles. The summed E-state index contributed by atoms with van der Waals surface area (Å²) in [5.41, 5.74) is 1.93. The SMILES string of the molecule is CN1C(=O)c2ccccc2Sc2ccc(NC(=O)CNC(=O)c3cccs3)cc21. The highest BCUT2D eigenvalue weighted by Crippen LogP contribution is 2.41. The minimum absolute atomic E-state index is 0.0986. The van der Waals surface area contributed by atoms with Crippen LogP contribution in [0.3, 0.4) is 0 Å². The van der Waals surface area contributed by atoms with E-state index in [9.17, 15) is 14.4 Å². The lowest BCUT2D eigenvalue weighted by molar-refractivity contribution is -0.115. The molecule has 4 rings (SSSR count). The molecule has 1 aliphatic heterocycles. The summed E-state index contributed by atoms with van der Waals surface area (Å²) in [6.45, 7) is -0.136. The molecule has 0 aliphatic carbocycles. The summed E-state index contributed by atoms with van der Waals surface area (Å²) in [5.74, 6) is -0.719. The Balaban J connectivity index is 1.48. The maximum Gasteiger partial charge on any atom is 0.261 e. The third-order valence-corrected chi connectivity index (χ3v) is 6.41. The van der Waals surface area contributed by atoms with Gasteiger partial charge >= 0.3 is 0 Å². The number of carbonyl (C=O) groups excluding carboxylic acids is 3. The molecule has 0 radical (unpaired) electrons. The van der Waals surface area contributed by atoms with E-state index in [1.807, 2.05) is 30.3 Å². The predicted octanol–water partition coefficient (Wildman–Crippen LogP) is 3.86. The van der Waals surface area contributed by atoms with Gasteiger partial charge in [0.25, 0.3) is 11.8 Å². The molecule has 0 fully saturated rings. The molecule has 29 heavy (non-hydrogen) atoms. The molecular formula is C21H17N3O3S2. The molecule has 0 bridgehead atoms. The standard InChI is InChI=1S/C21H17N3O3S2/c1-24-15-11-13(23-19(25)12-22-20(26)18-7-4-10-28-18)8-9-17(15)29-16-6-3-2-5-14(16)21(24)27/h2-11H,12H2,1H3,(H,22,26)(H,23,25). The summed E-state index contributed by atoms with van der Waals surface area (Å²) < 4.78 is 0. The van der Waals surface area contributed by atoms with Gasteiger partial charge in [-0.2, -0.15) is 0 Å². The minimum Gasteiger partial charge on any atom is -0.342 e. The molecule has 3 amide bonds. The number of fused-ring (bicyclic) bond motifs is 2. The van der Waals surface area contributed by atoms with Crippen molar-refractivity contribution in [3.63, 3.8) is 0 Å². The third kappa shape index (κ3) is 4.03. The van der Waals surface area contributed by atoms with Gasteiger partial charge in [-0.25, -0.2) is 0 Å². The Kier molecular flexibility index (Phi) is 5.37. The molecule has 2 N–H and O–H groups in total. The lowest BCUT2D eigenvalue weighted by Gasteiger charge is -2.18. The number of nitrogens with one attached hydrogen (secondary N) is 2. The first-order chi connectivity index (χ1) is 14.0. The topological polar surface area (TPSA) is 78.5 Å². The molecule has 0 atom stereocenters. The fourth-order valence-electron chi connectivity index (χ4n) is 2.95. The molecule has 1 aliphatic rings. The van der Waals surface area contributed by atoms with Crippen LogP contribution < -0.4 is 15.5 Å². The number of benzene rings is 2. The highest BCUT2D eigenvalue weighted by atomic mass is 32.2. The molecule has 146 valence electrons. The van der Waals surface area contributed by atoms with Gasteiger partial charge in [0.2, 0.25) is 5.91 Å². The first kappa shape index (κ1) is 19.2. The highest BCUT2D eigenvalue weighted by molar-refractivity contribution is 7.99. The second-order valence-electron chi connectivity index (χ2n) is 6.35. The van der Waals surface area contributed by atoms with Crippen LogP contribution in [0.5, 0.6) is 0 Å². The number of hydrogen-bond donors (Lipinski definition) is 2. The number of hydrogen-bond acceptors (Lipinski definition) is 5. The summed E-state index contributed by atoms with van der Waals surface area (Å²) in [5, 5.41) is 7.17. The van der Waals surface area contributed by atoms with Crippen LogP contribution in [0.15, 0.2) is 69.8 Å². The van der Waals surface area contributed by atoms with Gasteiger partial charge < -0.3 is 15.5 Å². The lowest BCUT2D eigenvalue weighted by atomic mass is 10.2. The predicted molar refractivity (Wildman–Crippen MR) is 115 cm³/mol. The van der Waals surface area contributed by atoms with Crippen molar-refractivity contribution in [2.45, 2.75) is 9.79 Å². The molecule has 8 heteroatoms. The lowest BCUT2D eigenvalue weighted by Crippen LogP contribution is -2.32. The van der Waals surface area contributed by atoms with Crippen molar-refractivity contribution in [1.29, 1.82) is 0 Å². The summed E-state index contributed by atoms with van der Waals surface area (Å²) in [6, 6.07) is 16.4. The van der Waals surface area contributed by atoms with Gasteiger partial charge in [0, 0.05) is 22.5 Å². The normalized spacial score (nSPS) is 12.6. The monoisotopic (exact) mass is 423 g/mol. The second kappa shape index (κ2) is 8.10. The molecule has 2 heterocycles.